The van der Waals surface area contributed by atoms with Crippen molar-refractivity contribution in [2.75, 3.05) is 11.9 Å². The van der Waals surface area contributed by atoms with Crippen molar-refractivity contribution in [3.05, 3.63) is 53.6 Å². The van der Waals surface area contributed by atoms with E-state index in [1.807, 2.05) is 13.8 Å². The third-order valence-corrected chi connectivity index (χ3v) is 4.14. The summed E-state index contributed by atoms with van der Waals surface area (Å²) < 4.78 is 13.3. The van der Waals surface area contributed by atoms with Gasteiger partial charge in [-0.2, -0.15) is 0 Å². The molecule has 2 heterocycles. The summed E-state index contributed by atoms with van der Waals surface area (Å²) in [6.45, 7) is 4.64. The van der Waals surface area contributed by atoms with Crippen molar-refractivity contribution in [1.29, 1.82) is 0 Å². The van der Waals surface area contributed by atoms with Crippen LogP contribution in [0.2, 0.25) is 0 Å². The SMILES string of the molecule is CC(C)Nc1ncc(C(=O)N[C@H]2CC(=O)N(Cc3cccc(F)c3)C2)cn1. The molecule has 2 aromatic rings. The van der Waals surface area contributed by atoms with Crippen molar-refractivity contribution >= 4 is 17.8 Å². The Kier molecular flexibility index (Phi) is 5.63. The summed E-state index contributed by atoms with van der Waals surface area (Å²) in [5, 5.41) is 5.89. The topological polar surface area (TPSA) is 87.2 Å². The number of amides is 2. The second-order valence-electron chi connectivity index (χ2n) is 6.87. The molecule has 0 radical (unpaired) electrons. The molecule has 3 rings (SSSR count). The predicted molar refractivity (Wildman–Crippen MR) is 98.5 cm³/mol. The van der Waals surface area contributed by atoms with Gasteiger partial charge in [0.15, 0.2) is 0 Å². The number of hydrogen-bond acceptors (Lipinski definition) is 5. The van der Waals surface area contributed by atoms with Crippen LogP contribution >= 0.6 is 0 Å². The number of hydrogen-bond donors (Lipinski definition) is 2. The lowest BCUT2D eigenvalue weighted by Gasteiger charge is -2.17. The number of carbonyl (C=O) groups is 2. The second-order valence-corrected chi connectivity index (χ2v) is 6.87. The number of anilines is 1. The minimum absolute atomic E-state index is 0.0720. The van der Waals surface area contributed by atoms with Crippen LogP contribution in [0.1, 0.15) is 36.2 Å². The van der Waals surface area contributed by atoms with Gasteiger partial charge in [-0.1, -0.05) is 12.1 Å². The van der Waals surface area contributed by atoms with Gasteiger partial charge in [0, 0.05) is 37.9 Å². The Labute approximate surface area is 157 Å². The first-order valence-corrected chi connectivity index (χ1v) is 8.82. The van der Waals surface area contributed by atoms with E-state index in [1.54, 1.807) is 17.0 Å². The van der Waals surface area contributed by atoms with Crippen molar-refractivity contribution in [3.8, 4) is 0 Å². The number of benzene rings is 1. The summed E-state index contributed by atoms with van der Waals surface area (Å²) >= 11 is 0. The third kappa shape index (κ3) is 4.99. The van der Waals surface area contributed by atoms with Crippen LogP contribution in [0.5, 0.6) is 0 Å². The highest BCUT2D eigenvalue weighted by atomic mass is 19.1. The molecule has 0 saturated carbocycles. The summed E-state index contributed by atoms with van der Waals surface area (Å²) in [6.07, 6.45) is 3.12. The standard InChI is InChI=1S/C19H22FN5O2/c1-12(2)23-19-21-8-14(9-22-19)18(27)24-16-7-17(26)25(11-16)10-13-4-3-5-15(20)6-13/h3-6,8-9,12,16H,7,10-11H2,1-2H3,(H,24,27)(H,21,22,23)/t16-/m0/s1. The fourth-order valence-electron chi connectivity index (χ4n) is 2.92. The molecule has 1 aliphatic heterocycles. The van der Waals surface area contributed by atoms with Gasteiger partial charge in [0.25, 0.3) is 5.91 Å². The van der Waals surface area contributed by atoms with Gasteiger partial charge in [0.05, 0.1) is 11.6 Å². The number of aromatic nitrogens is 2. The van der Waals surface area contributed by atoms with E-state index in [2.05, 4.69) is 20.6 Å². The van der Waals surface area contributed by atoms with Crippen molar-refractivity contribution in [2.24, 2.45) is 0 Å². The molecule has 142 valence electrons. The Morgan fingerprint density at radius 3 is 2.74 bits per heavy atom. The molecule has 27 heavy (non-hydrogen) atoms. The van der Waals surface area contributed by atoms with Crippen molar-refractivity contribution < 1.29 is 14.0 Å². The van der Waals surface area contributed by atoms with Crippen LogP contribution in [0.3, 0.4) is 0 Å². The van der Waals surface area contributed by atoms with E-state index in [0.29, 0.717) is 24.6 Å². The summed E-state index contributed by atoms with van der Waals surface area (Å²) in [5.41, 5.74) is 1.05. The lowest BCUT2D eigenvalue weighted by atomic mass is 10.2. The Balaban J connectivity index is 1.56. The van der Waals surface area contributed by atoms with Crippen LogP contribution in [0.4, 0.5) is 10.3 Å². The smallest absolute Gasteiger partial charge is 0.254 e. The van der Waals surface area contributed by atoms with Crippen LogP contribution in [0.25, 0.3) is 0 Å². The monoisotopic (exact) mass is 371 g/mol. The number of halogens is 1. The minimum atomic E-state index is -0.334. The van der Waals surface area contributed by atoms with Gasteiger partial charge >= 0.3 is 0 Å². The first-order chi connectivity index (χ1) is 12.9. The van der Waals surface area contributed by atoms with E-state index in [0.717, 1.165) is 5.56 Å². The molecule has 1 fully saturated rings. The second kappa shape index (κ2) is 8.11. The number of carbonyl (C=O) groups excluding carboxylic acids is 2. The largest absolute Gasteiger partial charge is 0.352 e. The maximum absolute atomic E-state index is 13.3. The van der Waals surface area contributed by atoms with Crippen molar-refractivity contribution in [3.63, 3.8) is 0 Å². The highest BCUT2D eigenvalue weighted by Crippen LogP contribution is 2.16. The van der Waals surface area contributed by atoms with Gasteiger partial charge < -0.3 is 15.5 Å². The summed E-state index contributed by atoms with van der Waals surface area (Å²) in [7, 11) is 0. The Morgan fingerprint density at radius 1 is 1.33 bits per heavy atom. The van der Waals surface area contributed by atoms with Crippen LogP contribution in [-0.4, -0.2) is 45.3 Å². The minimum Gasteiger partial charge on any atom is -0.352 e. The zero-order valence-electron chi connectivity index (χ0n) is 15.3. The molecular formula is C19H22FN5O2. The van der Waals surface area contributed by atoms with E-state index in [1.165, 1.54) is 24.5 Å². The number of likely N-dealkylation sites (tertiary alicyclic amines) is 1. The molecule has 1 aromatic carbocycles. The van der Waals surface area contributed by atoms with Crippen LogP contribution < -0.4 is 10.6 Å². The Morgan fingerprint density at radius 2 is 2.07 bits per heavy atom. The lowest BCUT2D eigenvalue weighted by Crippen LogP contribution is -2.37. The van der Waals surface area contributed by atoms with Crippen LogP contribution in [0.15, 0.2) is 36.7 Å². The zero-order valence-corrected chi connectivity index (χ0v) is 15.3. The molecule has 1 aliphatic rings. The first-order valence-electron chi connectivity index (χ1n) is 8.82. The number of nitrogens with zero attached hydrogens (tertiary/aromatic N) is 3. The molecule has 0 bridgehead atoms. The third-order valence-electron chi connectivity index (χ3n) is 4.14. The van der Waals surface area contributed by atoms with Crippen LogP contribution in [-0.2, 0) is 11.3 Å². The van der Waals surface area contributed by atoms with Gasteiger partial charge in [-0.15, -0.1) is 0 Å². The number of nitrogens with one attached hydrogen (secondary N) is 2. The molecular weight excluding hydrogens is 349 g/mol. The fraction of sp³-hybridized carbons (Fsp3) is 0.368. The predicted octanol–water partition coefficient (Wildman–Crippen LogP) is 1.97. The average molecular weight is 371 g/mol. The van der Waals surface area contributed by atoms with Gasteiger partial charge in [0.2, 0.25) is 11.9 Å². The quantitative estimate of drug-likeness (QED) is 0.811. The molecule has 2 amide bonds. The molecule has 8 heteroatoms. The highest BCUT2D eigenvalue weighted by molar-refractivity contribution is 5.94. The molecule has 1 atom stereocenters. The Hall–Kier alpha value is -3.03. The van der Waals surface area contributed by atoms with E-state index in [9.17, 15) is 14.0 Å². The molecule has 0 unspecified atom stereocenters. The van der Waals surface area contributed by atoms with Gasteiger partial charge in [-0.05, 0) is 31.5 Å². The average Bonchev–Trinajstić information content (AvgIpc) is 2.94. The van der Waals surface area contributed by atoms with E-state index < -0.39 is 0 Å². The van der Waals surface area contributed by atoms with Crippen LogP contribution in [0, 0.1) is 5.82 Å². The van der Waals surface area contributed by atoms with Crippen molar-refractivity contribution in [2.45, 2.75) is 38.9 Å². The normalized spacial score (nSPS) is 16.7. The summed E-state index contributed by atoms with van der Waals surface area (Å²) in [5.74, 6) is -0.271. The molecule has 1 aromatic heterocycles. The van der Waals surface area contributed by atoms with Gasteiger partial charge in [-0.3, -0.25) is 9.59 Å². The molecule has 1 saturated heterocycles. The maximum atomic E-state index is 13.3. The lowest BCUT2D eigenvalue weighted by molar-refractivity contribution is -0.128. The van der Waals surface area contributed by atoms with Crippen molar-refractivity contribution in [1.82, 2.24) is 20.2 Å². The fourth-order valence-corrected chi connectivity index (χ4v) is 2.92. The molecule has 0 spiro atoms. The molecule has 0 aliphatic carbocycles. The maximum Gasteiger partial charge on any atom is 0.254 e. The number of rotatable bonds is 6. The van der Waals surface area contributed by atoms with E-state index >= 15 is 0 Å². The van der Waals surface area contributed by atoms with E-state index in [4.69, 9.17) is 0 Å². The zero-order chi connectivity index (χ0) is 19.4. The molecule has 7 nitrogen and oxygen atoms in total. The summed E-state index contributed by atoms with van der Waals surface area (Å²) in [6, 6.07) is 6.05. The molecule has 2 N–H and O–H groups in total. The summed E-state index contributed by atoms with van der Waals surface area (Å²) in [4.78, 5) is 34.4. The van der Waals surface area contributed by atoms with E-state index in [-0.39, 0.29) is 36.1 Å². The first kappa shape index (κ1) is 18.8. The van der Waals surface area contributed by atoms with Gasteiger partial charge in [-0.25, -0.2) is 14.4 Å². The van der Waals surface area contributed by atoms with Gasteiger partial charge in [0.1, 0.15) is 5.82 Å². The Bertz CT molecular complexity index is 825. The highest BCUT2D eigenvalue weighted by Gasteiger charge is 2.30.